The Bertz CT molecular complexity index is 986. The van der Waals surface area contributed by atoms with Crippen molar-refractivity contribution >= 4 is 17.8 Å². The molecule has 0 aliphatic carbocycles. The molecule has 2 atom stereocenters. The number of rotatable bonds is 8. The van der Waals surface area contributed by atoms with Crippen LogP contribution in [0.1, 0.15) is 42.3 Å². The number of carbonyl (C=O) groups is 3. The summed E-state index contributed by atoms with van der Waals surface area (Å²) in [7, 11) is 0. The zero-order valence-corrected chi connectivity index (χ0v) is 18.6. The minimum atomic E-state index is -1.02. The van der Waals surface area contributed by atoms with E-state index in [0.717, 1.165) is 11.1 Å². The molecule has 1 aliphatic rings. The van der Waals surface area contributed by atoms with Crippen molar-refractivity contribution in [1.29, 1.82) is 0 Å². The number of aryl methyl sites for hydroxylation is 1. The number of hydrogen-bond acceptors (Lipinski definition) is 6. The van der Waals surface area contributed by atoms with Crippen LogP contribution in [0.2, 0.25) is 0 Å². The van der Waals surface area contributed by atoms with E-state index in [1.165, 1.54) is 6.92 Å². The van der Waals surface area contributed by atoms with Crippen LogP contribution < -0.4 is 20.1 Å². The fraction of sp³-hybridized carbons (Fsp3) is 0.375. The maximum absolute atomic E-state index is 12.7. The van der Waals surface area contributed by atoms with E-state index in [1.807, 2.05) is 25.1 Å². The summed E-state index contributed by atoms with van der Waals surface area (Å²) >= 11 is 0. The molecule has 3 rings (SSSR count). The van der Waals surface area contributed by atoms with Crippen molar-refractivity contribution < 1.29 is 28.6 Å². The molecule has 2 amide bonds. The van der Waals surface area contributed by atoms with Gasteiger partial charge in [-0.2, -0.15) is 0 Å². The molecular weight excluding hydrogens is 412 g/mol. The first-order chi connectivity index (χ1) is 15.2. The highest BCUT2D eigenvalue weighted by Crippen LogP contribution is 2.32. The van der Waals surface area contributed by atoms with Gasteiger partial charge in [0, 0.05) is 12.1 Å². The Morgan fingerprint density at radius 2 is 1.69 bits per heavy atom. The molecule has 0 unspecified atom stereocenters. The van der Waals surface area contributed by atoms with Crippen LogP contribution in [0.3, 0.4) is 0 Å². The van der Waals surface area contributed by atoms with E-state index in [1.54, 1.807) is 38.1 Å². The lowest BCUT2D eigenvalue weighted by atomic mass is 10.0. The number of fused-ring (bicyclic) bond motifs is 1. The minimum Gasteiger partial charge on any atom is -0.454 e. The second kappa shape index (κ2) is 10.2. The van der Waals surface area contributed by atoms with Crippen LogP contribution in [0, 0.1) is 12.8 Å². The minimum absolute atomic E-state index is 0.176. The topological polar surface area (TPSA) is 103 Å². The molecule has 0 fully saturated rings. The van der Waals surface area contributed by atoms with Gasteiger partial charge in [-0.05, 0) is 49.6 Å². The van der Waals surface area contributed by atoms with E-state index in [9.17, 15) is 14.4 Å². The third kappa shape index (κ3) is 5.78. The molecule has 8 heteroatoms. The smallest absolute Gasteiger partial charge is 0.329 e. The average Bonchev–Trinajstić information content (AvgIpc) is 3.23. The number of amides is 2. The van der Waals surface area contributed by atoms with Gasteiger partial charge in [0.05, 0.1) is 0 Å². The van der Waals surface area contributed by atoms with E-state index in [4.69, 9.17) is 14.2 Å². The van der Waals surface area contributed by atoms with Crippen molar-refractivity contribution in [3.05, 3.63) is 59.2 Å². The van der Waals surface area contributed by atoms with Gasteiger partial charge < -0.3 is 24.8 Å². The summed E-state index contributed by atoms with van der Waals surface area (Å²) in [6.45, 7) is 7.43. The SMILES string of the molecule is Cc1ccc(C(=O)N[C@H](C(=O)O[C@@H](C)C(=O)NCc2ccc3c(c2)OCO3)C(C)C)cc1. The Morgan fingerprint density at radius 3 is 2.38 bits per heavy atom. The highest BCUT2D eigenvalue weighted by molar-refractivity contribution is 5.97. The van der Waals surface area contributed by atoms with Crippen molar-refractivity contribution in [2.45, 2.75) is 46.4 Å². The third-order valence-corrected chi connectivity index (χ3v) is 5.09. The summed E-state index contributed by atoms with van der Waals surface area (Å²) in [5, 5.41) is 5.44. The molecule has 32 heavy (non-hydrogen) atoms. The van der Waals surface area contributed by atoms with Gasteiger partial charge in [-0.1, -0.05) is 37.6 Å². The molecule has 8 nitrogen and oxygen atoms in total. The van der Waals surface area contributed by atoms with Gasteiger partial charge in [-0.15, -0.1) is 0 Å². The van der Waals surface area contributed by atoms with Crippen LogP contribution in [0.4, 0.5) is 0 Å². The van der Waals surface area contributed by atoms with Gasteiger partial charge in [0.25, 0.3) is 11.8 Å². The molecule has 2 aromatic carbocycles. The van der Waals surface area contributed by atoms with Crippen LogP contribution in [-0.4, -0.2) is 36.7 Å². The molecule has 0 aromatic heterocycles. The summed E-state index contributed by atoms with van der Waals surface area (Å²) in [4.78, 5) is 37.6. The molecule has 0 spiro atoms. The van der Waals surface area contributed by atoms with E-state index >= 15 is 0 Å². The molecule has 0 saturated heterocycles. The van der Waals surface area contributed by atoms with Gasteiger partial charge in [-0.25, -0.2) is 4.79 Å². The zero-order valence-electron chi connectivity index (χ0n) is 18.6. The lowest BCUT2D eigenvalue weighted by Gasteiger charge is -2.23. The number of esters is 1. The summed E-state index contributed by atoms with van der Waals surface area (Å²) in [6.07, 6.45) is -1.02. The Kier molecular flexibility index (Phi) is 7.35. The Balaban J connectivity index is 1.53. The largest absolute Gasteiger partial charge is 0.454 e. The van der Waals surface area contributed by atoms with Crippen LogP contribution >= 0.6 is 0 Å². The summed E-state index contributed by atoms with van der Waals surface area (Å²) in [6, 6.07) is 11.5. The van der Waals surface area contributed by atoms with E-state index in [0.29, 0.717) is 17.1 Å². The van der Waals surface area contributed by atoms with Crippen molar-refractivity contribution in [2.75, 3.05) is 6.79 Å². The molecule has 170 valence electrons. The van der Waals surface area contributed by atoms with Crippen molar-refractivity contribution in [3.63, 3.8) is 0 Å². The predicted molar refractivity (Wildman–Crippen MR) is 117 cm³/mol. The van der Waals surface area contributed by atoms with Crippen molar-refractivity contribution in [3.8, 4) is 11.5 Å². The highest BCUT2D eigenvalue weighted by atomic mass is 16.7. The van der Waals surface area contributed by atoms with Crippen LogP contribution in [0.15, 0.2) is 42.5 Å². The first-order valence-electron chi connectivity index (χ1n) is 10.5. The van der Waals surface area contributed by atoms with Gasteiger partial charge in [0.2, 0.25) is 6.79 Å². The fourth-order valence-electron chi connectivity index (χ4n) is 3.11. The maximum atomic E-state index is 12.7. The van der Waals surface area contributed by atoms with Crippen LogP contribution in [0.5, 0.6) is 11.5 Å². The molecule has 0 radical (unpaired) electrons. The molecule has 2 N–H and O–H groups in total. The van der Waals surface area contributed by atoms with Gasteiger partial charge in [0.15, 0.2) is 17.6 Å². The summed E-state index contributed by atoms with van der Waals surface area (Å²) in [5.41, 5.74) is 2.30. The van der Waals surface area contributed by atoms with Gasteiger partial charge >= 0.3 is 5.97 Å². The lowest BCUT2D eigenvalue weighted by Crippen LogP contribution is -2.47. The van der Waals surface area contributed by atoms with Gasteiger partial charge in [0.1, 0.15) is 6.04 Å². The number of carbonyl (C=O) groups excluding carboxylic acids is 3. The molecule has 2 aromatic rings. The molecule has 0 saturated carbocycles. The third-order valence-electron chi connectivity index (χ3n) is 5.09. The van der Waals surface area contributed by atoms with E-state index in [2.05, 4.69) is 10.6 Å². The van der Waals surface area contributed by atoms with E-state index in [-0.39, 0.29) is 25.2 Å². The number of nitrogens with one attached hydrogen (secondary N) is 2. The first kappa shape index (κ1) is 23.1. The second-order valence-corrected chi connectivity index (χ2v) is 8.05. The first-order valence-corrected chi connectivity index (χ1v) is 10.5. The van der Waals surface area contributed by atoms with Crippen molar-refractivity contribution in [2.24, 2.45) is 5.92 Å². The summed E-state index contributed by atoms with van der Waals surface area (Å²) < 4.78 is 15.9. The number of benzene rings is 2. The second-order valence-electron chi connectivity index (χ2n) is 8.05. The Hall–Kier alpha value is -3.55. The predicted octanol–water partition coefficient (Wildman–Crippen LogP) is 2.73. The fourth-order valence-corrected chi connectivity index (χ4v) is 3.11. The number of hydrogen-bond donors (Lipinski definition) is 2. The van der Waals surface area contributed by atoms with Crippen LogP contribution in [0.25, 0.3) is 0 Å². The number of ether oxygens (including phenoxy) is 3. The lowest BCUT2D eigenvalue weighted by molar-refractivity contribution is -0.157. The molecule has 1 aliphatic heterocycles. The Morgan fingerprint density at radius 1 is 1.00 bits per heavy atom. The Labute approximate surface area is 187 Å². The highest BCUT2D eigenvalue weighted by Gasteiger charge is 2.29. The average molecular weight is 440 g/mol. The zero-order chi connectivity index (χ0) is 23.3. The molecule has 1 heterocycles. The normalized spacial score (nSPS) is 13.9. The standard InChI is InChI=1S/C24H28N2O6/c1-14(2)21(26-23(28)18-8-5-15(3)6-9-18)24(29)32-16(4)22(27)25-12-17-7-10-19-20(11-17)31-13-30-19/h5-11,14,16,21H,12-13H2,1-4H3,(H,25,27)(H,26,28)/t16-,21-/m0/s1. The maximum Gasteiger partial charge on any atom is 0.329 e. The quantitative estimate of drug-likeness (QED) is 0.612. The van der Waals surface area contributed by atoms with E-state index < -0.39 is 24.0 Å². The van der Waals surface area contributed by atoms with Crippen molar-refractivity contribution in [1.82, 2.24) is 10.6 Å². The monoisotopic (exact) mass is 440 g/mol. The molecular formula is C24H28N2O6. The van der Waals surface area contributed by atoms with Gasteiger partial charge in [-0.3, -0.25) is 9.59 Å². The van der Waals surface area contributed by atoms with Crippen LogP contribution in [-0.2, 0) is 20.9 Å². The summed E-state index contributed by atoms with van der Waals surface area (Å²) in [5.74, 6) is -0.411. The molecule has 0 bridgehead atoms.